The van der Waals surface area contributed by atoms with Gasteiger partial charge in [-0.05, 0) is 23.4 Å². The summed E-state index contributed by atoms with van der Waals surface area (Å²) in [6.45, 7) is 1.27. The summed E-state index contributed by atoms with van der Waals surface area (Å²) in [7, 11) is 1.70. The molecule has 1 aromatic heterocycles. The van der Waals surface area contributed by atoms with Gasteiger partial charge < -0.3 is 10.6 Å². The highest BCUT2D eigenvalue weighted by atomic mass is 32.1. The van der Waals surface area contributed by atoms with Crippen molar-refractivity contribution in [3.63, 3.8) is 0 Å². The molecule has 0 atom stereocenters. The maximum Gasteiger partial charge on any atom is 0.269 e. The van der Waals surface area contributed by atoms with Crippen LogP contribution in [0, 0.1) is 10.1 Å². The van der Waals surface area contributed by atoms with E-state index in [-0.39, 0.29) is 5.69 Å². The summed E-state index contributed by atoms with van der Waals surface area (Å²) < 4.78 is 0. The SMILES string of the molecule is CN=C(NCCc1cccs1)NCc1cccc([N+](=O)[O-])c1. The third kappa shape index (κ3) is 4.85. The van der Waals surface area contributed by atoms with Crippen LogP contribution in [0.15, 0.2) is 46.8 Å². The average Bonchev–Trinajstić information content (AvgIpc) is 3.04. The van der Waals surface area contributed by atoms with Crippen molar-refractivity contribution in [1.82, 2.24) is 10.6 Å². The number of rotatable bonds is 6. The topological polar surface area (TPSA) is 79.6 Å². The molecule has 6 nitrogen and oxygen atoms in total. The lowest BCUT2D eigenvalue weighted by atomic mass is 10.2. The van der Waals surface area contributed by atoms with Gasteiger partial charge in [-0.2, -0.15) is 0 Å². The van der Waals surface area contributed by atoms with Gasteiger partial charge in [0, 0.05) is 37.1 Å². The van der Waals surface area contributed by atoms with E-state index in [1.807, 2.05) is 12.1 Å². The van der Waals surface area contributed by atoms with Crippen LogP contribution in [0.2, 0.25) is 0 Å². The zero-order valence-electron chi connectivity index (χ0n) is 12.3. The third-order valence-electron chi connectivity index (χ3n) is 3.05. The second-order valence-electron chi connectivity index (χ2n) is 4.61. The van der Waals surface area contributed by atoms with Gasteiger partial charge in [0.15, 0.2) is 5.96 Å². The Balaban J connectivity index is 1.81. The molecule has 22 heavy (non-hydrogen) atoms. The monoisotopic (exact) mass is 318 g/mol. The number of hydrogen-bond donors (Lipinski definition) is 2. The Morgan fingerprint density at radius 1 is 1.32 bits per heavy atom. The summed E-state index contributed by atoms with van der Waals surface area (Å²) in [6.07, 6.45) is 0.940. The number of nitrogens with zero attached hydrogens (tertiary/aromatic N) is 2. The molecule has 0 aliphatic heterocycles. The van der Waals surface area contributed by atoms with Gasteiger partial charge in [-0.15, -0.1) is 11.3 Å². The smallest absolute Gasteiger partial charge is 0.269 e. The molecule has 0 saturated heterocycles. The molecule has 0 aliphatic rings. The number of thiophene rings is 1. The summed E-state index contributed by atoms with van der Waals surface area (Å²) in [5.41, 5.74) is 0.940. The van der Waals surface area contributed by atoms with Crippen molar-refractivity contribution in [2.45, 2.75) is 13.0 Å². The number of hydrogen-bond acceptors (Lipinski definition) is 4. The zero-order chi connectivity index (χ0) is 15.8. The molecule has 0 spiro atoms. The first-order chi connectivity index (χ1) is 10.7. The Labute approximate surface area is 133 Å². The second kappa shape index (κ2) is 8.14. The van der Waals surface area contributed by atoms with E-state index >= 15 is 0 Å². The van der Waals surface area contributed by atoms with E-state index in [1.54, 1.807) is 30.5 Å². The van der Waals surface area contributed by atoms with Gasteiger partial charge in [-0.3, -0.25) is 15.1 Å². The fourth-order valence-electron chi connectivity index (χ4n) is 1.95. The van der Waals surface area contributed by atoms with Gasteiger partial charge in [0.25, 0.3) is 5.69 Å². The number of benzene rings is 1. The highest BCUT2D eigenvalue weighted by molar-refractivity contribution is 7.09. The standard InChI is InChI=1S/C15H18N4O2S/c1-16-15(17-8-7-14-6-3-9-22-14)18-11-12-4-2-5-13(10-12)19(20)21/h2-6,9-10H,7-8,11H2,1H3,(H2,16,17,18). The lowest BCUT2D eigenvalue weighted by Crippen LogP contribution is -2.37. The van der Waals surface area contributed by atoms with Crippen LogP contribution in [0.25, 0.3) is 0 Å². The lowest BCUT2D eigenvalue weighted by Gasteiger charge is -2.11. The number of guanidine groups is 1. The Morgan fingerprint density at radius 3 is 2.86 bits per heavy atom. The minimum absolute atomic E-state index is 0.0972. The predicted molar refractivity (Wildman–Crippen MR) is 89.3 cm³/mol. The van der Waals surface area contributed by atoms with Crippen LogP contribution >= 0.6 is 11.3 Å². The van der Waals surface area contributed by atoms with E-state index in [9.17, 15) is 10.1 Å². The minimum Gasteiger partial charge on any atom is -0.356 e. The Morgan fingerprint density at radius 2 is 2.18 bits per heavy atom. The predicted octanol–water partition coefficient (Wildman–Crippen LogP) is 2.56. The van der Waals surface area contributed by atoms with Gasteiger partial charge in [0.2, 0.25) is 0 Å². The number of non-ortho nitro benzene ring substituents is 1. The van der Waals surface area contributed by atoms with Crippen molar-refractivity contribution in [2.75, 3.05) is 13.6 Å². The van der Waals surface area contributed by atoms with Gasteiger partial charge in [-0.1, -0.05) is 18.2 Å². The highest BCUT2D eigenvalue weighted by Gasteiger charge is 2.06. The normalized spacial score (nSPS) is 11.2. The van der Waals surface area contributed by atoms with Crippen molar-refractivity contribution in [1.29, 1.82) is 0 Å². The van der Waals surface area contributed by atoms with Gasteiger partial charge in [-0.25, -0.2) is 0 Å². The van der Waals surface area contributed by atoms with Crippen molar-refractivity contribution >= 4 is 23.0 Å². The molecule has 7 heteroatoms. The molecule has 0 bridgehead atoms. The van der Waals surface area contributed by atoms with Crippen LogP contribution in [0.3, 0.4) is 0 Å². The lowest BCUT2D eigenvalue weighted by molar-refractivity contribution is -0.384. The summed E-state index contributed by atoms with van der Waals surface area (Å²) >= 11 is 1.73. The van der Waals surface area contributed by atoms with Crippen LogP contribution in [0.5, 0.6) is 0 Å². The Hall–Kier alpha value is -2.41. The Kier molecular flexibility index (Phi) is 5.91. The molecule has 0 radical (unpaired) electrons. The zero-order valence-corrected chi connectivity index (χ0v) is 13.1. The van der Waals surface area contributed by atoms with E-state index in [1.165, 1.54) is 10.9 Å². The molecular formula is C15H18N4O2S. The van der Waals surface area contributed by atoms with E-state index in [0.29, 0.717) is 12.5 Å². The second-order valence-corrected chi connectivity index (χ2v) is 5.64. The maximum absolute atomic E-state index is 10.8. The number of nitrogens with one attached hydrogen (secondary N) is 2. The molecule has 0 unspecified atom stereocenters. The first kappa shape index (κ1) is 16.0. The first-order valence-corrected chi connectivity index (χ1v) is 7.77. The molecule has 2 N–H and O–H groups in total. The molecule has 0 amide bonds. The quantitative estimate of drug-likeness (QED) is 0.371. The van der Waals surface area contributed by atoms with E-state index in [2.05, 4.69) is 27.1 Å². The van der Waals surface area contributed by atoms with Crippen LogP contribution in [-0.2, 0) is 13.0 Å². The summed E-state index contributed by atoms with van der Waals surface area (Å²) in [5, 5.41) is 19.2. The van der Waals surface area contributed by atoms with Crippen molar-refractivity contribution in [3.8, 4) is 0 Å². The van der Waals surface area contributed by atoms with Crippen molar-refractivity contribution in [2.24, 2.45) is 4.99 Å². The highest BCUT2D eigenvalue weighted by Crippen LogP contribution is 2.12. The van der Waals surface area contributed by atoms with Gasteiger partial charge in [0.05, 0.1) is 4.92 Å². The summed E-state index contributed by atoms with van der Waals surface area (Å²) in [4.78, 5) is 15.8. The molecule has 0 fully saturated rings. The molecule has 0 aliphatic carbocycles. The molecular weight excluding hydrogens is 300 g/mol. The van der Waals surface area contributed by atoms with Crippen molar-refractivity contribution in [3.05, 3.63) is 62.3 Å². The Bertz CT molecular complexity index is 641. The molecule has 2 aromatic rings. The fourth-order valence-corrected chi connectivity index (χ4v) is 2.65. The van der Waals surface area contributed by atoms with Crippen LogP contribution in [0.4, 0.5) is 5.69 Å². The molecule has 1 heterocycles. The van der Waals surface area contributed by atoms with E-state index < -0.39 is 4.92 Å². The van der Waals surface area contributed by atoms with Crippen LogP contribution in [-0.4, -0.2) is 24.5 Å². The van der Waals surface area contributed by atoms with Gasteiger partial charge in [0.1, 0.15) is 0 Å². The fraction of sp³-hybridized carbons (Fsp3) is 0.267. The molecule has 0 saturated carbocycles. The summed E-state index contributed by atoms with van der Waals surface area (Å²) in [5.74, 6) is 0.683. The van der Waals surface area contributed by atoms with E-state index in [0.717, 1.165) is 18.5 Å². The van der Waals surface area contributed by atoms with Gasteiger partial charge >= 0.3 is 0 Å². The molecule has 116 valence electrons. The maximum atomic E-state index is 10.8. The number of nitro groups is 1. The van der Waals surface area contributed by atoms with Crippen molar-refractivity contribution < 1.29 is 4.92 Å². The van der Waals surface area contributed by atoms with Crippen LogP contribution in [0.1, 0.15) is 10.4 Å². The minimum atomic E-state index is -0.391. The molecule has 2 rings (SSSR count). The average molecular weight is 318 g/mol. The van der Waals surface area contributed by atoms with Crippen LogP contribution < -0.4 is 10.6 Å². The first-order valence-electron chi connectivity index (χ1n) is 6.89. The van der Waals surface area contributed by atoms with E-state index in [4.69, 9.17) is 0 Å². The number of nitro benzene ring substituents is 1. The molecule has 1 aromatic carbocycles. The number of aliphatic imine (C=N–C) groups is 1. The summed E-state index contributed by atoms with van der Waals surface area (Å²) in [6, 6.07) is 10.7. The third-order valence-corrected chi connectivity index (χ3v) is 3.99. The largest absolute Gasteiger partial charge is 0.356 e.